The third-order valence-electron chi connectivity index (χ3n) is 1.36. The van der Waals surface area contributed by atoms with E-state index in [2.05, 4.69) is 4.98 Å². The van der Waals surface area contributed by atoms with Gasteiger partial charge in [0, 0.05) is 12.3 Å². The van der Waals surface area contributed by atoms with E-state index in [1.807, 2.05) is 0 Å². The van der Waals surface area contributed by atoms with Crippen LogP contribution in [0.1, 0.15) is 12.5 Å². The third-order valence-corrected chi connectivity index (χ3v) is 1.57. The lowest BCUT2D eigenvalue weighted by Crippen LogP contribution is -2.04. The first-order chi connectivity index (χ1) is 6.04. The second kappa shape index (κ2) is 3.87. The van der Waals surface area contributed by atoms with Crippen LogP contribution in [0, 0.1) is 0 Å². The number of alkyl halides is 3. The summed E-state index contributed by atoms with van der Waals surface area (Å²) < 4.78 is 29.9. The molecule has 72 valence electrons. The van der Waals surface area contributed by atoms with E-state index in [9.17, 15) is 8.78 Å². The highest BCUT2D eigenvalue weighted by Crippen LogP contribution is 2.31. The van der Waals surface area contributed by atoms with Crippen molar-refractivity contribution in [3.05, 3.63) is 23.9 Å². The molecule has 0 N–H and O–H groups in total. The number of ether oxygens (including phenoxy) is 1. The zero-order valence-electron chi connectivity index (χ0n) is 6.93. The first-order valence-corrected chi connectivity index (χ1v) is 4.08. The van der Waals surface area contributed by atoms with Gasteiger partial charge in [-0.1, -0.05) is 0 Å². The summed E-state index contributed by atoms with van der Waals surface area (Å²) in [5.41, 5.74) is -0.336. The Balaban J connectivity index is 2.81. The Morgan fingerprint density at radius 1 is 1.54 bits per heavy atom. The molecule has 0 saturated heterocycles. The Labute approximate surface area is 79.5 Å². The lowest BCUT2D eigenvalue weighted by Gasteiger charge is -2.07. The van der Waals surface area contributed by atoms with Crippen LogP contribution in [-0.2, 0) is 5.38 Å². The molecule has 1 heterocycles. The van der Waals surface area contributed by atoms with Crippen LogP contribution in [0.15, 0.2) is 18.3 Å². The van der Waals surface area contributed by atoms with Crippen LogP contribution in [0.25, 0.3) is 0 Å². The summed E-state index contributed by atoms with van der Waals surface area (Å²) in [4.78, 5) is 3.65. The van der Waals surface area contributed by atoms with Gasteiger partial charge in [-0.15, -0.1) is 0 Å². The van der Waals surface area contributed by atoms with E-state index in [0.717, 1.165) is 6.20 Å². The van der Waals surface area contributed by atoms with Crippen molar-refractivity contribution < 1.29 is 13.5 Å². The molecule has 0 fully saturated rings. The van der Waals surface area contributed by atoms with Gasteiger partial charge < -0.3 is 4.74 Å². The molecule has 0 aliphatic rings. The fourth-order valence-electron chi connectivity index (χ4n) is 0.781. The number of hydrogen-bond acceptors (Lipinski definition) is 2. The van der Waals surface area contributed by atoms with Crippen LogP contribution >= 0.6 is 11.6 Å². The summed E-state index contributed by atoms with van der Waals surface area (Å²) in [7, 11) is 0. The predicted molar refractivity (Wildman–Crippen MR) is 45.2 cm³/mol. The molecule has 0 amide bonds. The van der Waals surface area contributed by atoms with E-state index in [1.54, 1.807) is 6.92 Å². The first-order valence-electron chi connectivity index (χ1n) is 3.70. The molecule has 0 spiro atoms. The molecular weight excluding hydrogens is 200 g/mol. The van der Waals surface area contributed by atoms with Gasteiger partial charge in [-0.05, 0) is 24.6 Å². The van der Waals surface area contributed by atoms with Gasteiger partial charge in [0.15, 0.2) is 0 Å². The van der Waals surface area contributed by atoms with Gasteiger partial charge in [0.1, 0.15) is 0 Å². The highest BCUT2D eigenvalue weighted by atomic mass is 35.5. The maximum absolute atomic E-state index is 12.5. The zero-order chi connectivity index (χ0) is 9.90. The summed E-state index contributed by atoms with van der Waals surface area (Å²) in [6.45, 7) is 2.23. The van der Waals surface area contributed by atoms with E-state index in [1.165, 1.54) is 12.1 Å². The number of halogens is 3. The minimum atomic E-state index is -3.36. The topological polar surface area (TPSA) is 22.1 Å². The maximum atomic E-state index is 12.5. The maximum Gasteiger partial charge on any atom is 0.349 e. The zero-order valence-corrected chi connectivity index (χ0v) is 7.68. The van der Waals surface area contributed by atoms with E-state index < -0.39 is 5.38 Å². The first kappa shape index (κ1) is 10.2. The molecule has 0 atom stereocenters. The molecule has 5 heteroatoms. The van der Waals surface area contributed by atoms with Crippen LogP contribution < -0.4 is 4.74 Å². The van der Waals surface area contributed by atoms with Gasteiger partial charge in [0.2, 0.25) is 5.88 Å². The van der Waals surface area contributed by atoms with Crippen molar-refractivity contribution in [1.82, 2.24) is 4.98 Å². The summed E-state index contributed by atoms with van der Waals surface area (Å²) in [6, 6.07) is 2.54. The molecule has 0 radical (unpaired) electrons. The average molecular weight is 208 g/mol. The quantitative estimate of drug-likeness (QED) is 0.711. The molecule has 0 bridgehead atoms. The van der Waals surface area contributed by atoms with E-state index in [-0.39, 0.29) is 5.56 Å². The van der Waals surface area contributed by atoms with Crippen molar-refractivity contribution in [2.24, 2.45) is 0 Å². The molecule has 13 heavy (non-hydrogen) atoms. The fraction of sp³-hybridized carbons (Fsp3) is 0.375. The van der Waals surface area contributed by atoms with Gasteiger partial charge in [0.05, 0.1) is 12.2 Å². The molecule has 0 aromatic carbocycles. The van der Waals surface area contributed by atoms with E-state index >= 15 is 0 Å². The Hall–Kier alpha value is -0.900. The molecule has 0 saturated carbocycles. The van der Waals surface area contributed by atoms with Crippen LogP contribution in [0.3, 0.4) is 0 Å². The number of hydrogen-bond donors (Lipinski definition) is 0. The normalized spacial score (nSPS) is 11.4. The summed E-state index contributed by atoms with van der Waals surface area (Å²) in [5.74, 6) is 0.312. The van der Waals surface area contributed by atoms with Crippen molar-refractivity contribution in [3.8, 4) is 5.88 Å². The van der Waals surface area contributed by atoms with E-state index in [4.69, 9.17) is 16.3 Å². The second-order valence-corrected chi connectivity index (χ2v) is 2.79. The van der Waals surface area contributed by atoms with E-state index in [0.29, 0.717) is 12.5 Å². The van der Waals surface area contributed by atoms with Gasteiger partial charge in [0.25, 0.3) is 0 Å². The van der Waals surface area contributed by atoms with Crippen molar-refractivity contribution in [1.29, 1.82) is 0 Å². The fourth-order valence-corrected chi connectivity index (χ4v) is 0.893. The van der Waals surface area contributed by atoms with Crippen LogP contribution in [0.2, 0.25) is 0 Å². The van der Waals surface area contributed by atoms with Gasteiger partial charge in [-0.25, -0.2) is 4.98 Å². The van der Waals surface area contributed by atoms with Crippen LogP contribution in [-0.4, -0.2) is 11.6 Å². The van der Waals surface area contributed by atoms with Crippen molar-refractivity contribution in [2.75, 3.05) is 6.61 Å². The number of pyridine rings is 1. The predicted octanol–water partition coefficient (Wildman–Crippen LogP) is 2.77. The summed E-state index contributed by atoms with van der Waals surface area (Å²) in [5, 5.41) is -3.36. The average Bonchev–Trinajstić information content (AvgIpc) is 2.04. The highest BCUT2D eigenvalue weighted by molar-refractivity contribution is 6.21. The standard InChI is InChI=1S/C8H8ClF2NO/c1-2-13-7-4-3-6(5-12-7)8(9,10)11/h3-5H,2H2,1H3. The van der Waals surface area contributed by atoms with Gasteiger partial charge >= 0.3 is 5.38 Å². The van der Waals surface area contributed by atoms with Crippen molar-refractivity contribution >= 4 is 11.6 Å². The third kappa shape index (κ3) is 2.81. The number of rotatable bonds is 3. The highest BCUT2D eigenvalue weighted by Gasteiger charge is 2.27. The lowest BCUT2D eigenvalue weighted by atomic mass is 10.3. The Morgan fingerprint density at radius 2 is 2.23 bits per heavy atom. The molecule has 1 aromatic heterocycles. The molecule has 2 nitrogen and oxygen atoms in total. The molecule has 1 aromatic rings. The Bertz CT molecular complexity index is 270. The lowest BCUT2D eigenvalue weighted by molar-refractivity contribution is 0.0946. The minimum absolute atomic E-state index is 0.312. The smallest absolute Gasteiger partial charge is 0.349 e. The SMILES string of the molecule is CCOc1ccc(C(F)(F)Cl)cn1. The van der Waals surface area contributed by atoms with Crippen LogP contribution in [0.5, 0.6) is 5.88 Å². The Kier molecular flexibility index (Phi) is 3.03. The van der Waals surface area contributed by atoms with Gasteiger partial charge in [-0.3, -0.25) is 0 Å². The molecule has 0 aliphatic heterocycles. The molecule has 1 rings (SSSR count). The summed E-state index contributed by atoms with van der Waals surface area (Å²) >= 11 is 4.77. The molecule has 0 aliphatic carbocycles. The monoisotopic (exact) mass is 207 g/mol. The number of nitrogens with zero attached hydrogens (tertiary/aromatic N) is 1. The van der Waals surface area contributed by atoms with Crippen molar-refractivity contribution in [2.45, 2.75) is 12.3 Å². The molecule has 0 unspecified atom stereocenters. The Morgan fingerprint density at radius 3 is 2.62 bits per heavy atom. The largest absolute Gasteiger partial charge is 0.478 e. The summed E-state index contributed by atoms with van der Waals surface area (Å²) in [6.07, 6.45) is 0.998. The van der Waals surface area contributed by atoms with Crippen LogP contribution in [0.4, 0.5) is 8.78 Å². The van der Waals surface area contributed by atoms with Crippen molar-refractivity contribution in [3.63, 3.8) is 0 Å². The van der Waals surface area contributed by atoms with Gasteiger partial charge in [-0.2, -0.15) is 8.78 Å². The second-order valence-electron chi connectivity index (χ2n) is 2.32. The molecular formula is C8H8ClF2NO. The number of aromatic nitrogens is 1. The minimum Gasteiger partial charge on any atom is -0.478 e.